The molecule has 0 spiro atoms. The van der Waals surface area contributed by atoms with Crippen LogP contribution in [0.5, 0.6) is 0 Å². The van der Waals surface area contributed by atoms with Gasteiger partial charge in [-0.3, -0.25) is 14.6 Å². The summed E-state index contributed by atoms with van der Waals surface area (Å²) >= 11 is 0. The van der Waals surface area contributed by atoms with Crippen LogP contribution in [-0.2, 0) is 4.79 Å². The van der Waals surface area contributed by atoms with Crippen molar-refractivity contribution in [3.8, 4) is 0 Å². The third-order valence-electron chi connectivity index (χ3n) is 4.23. The molecule has 1 amide bonds. The Hall–Kier alpha value is -0.860. The second-order valence-electron chi connectivity index (χ2n) is 7.23. The van der Waals surface area contributed by atoms with Crippen LogP contribution in [0.25, 0.3) is 0 Å². The van der Waals surface area contributed by atoms with Gasteiger partial charge in [-0.05, 0) is 12.3 Å². The van der Waals surface area contributed by atoms with Crippen LogP contribution in [0, 0.1) is 5.41 Å². The zero-order valence-electron chi connectivity index (χ0n) is 14.3. The van der Waals surface area contributed by atoms with Crippen LogP contribution in [0.4, 0.5) is 13.2 Å². The maximum absolute atomic E-state index is 12.1. The zero-order chi connectivity index (χ0) is 17.8. The first-order chi connectivity index (χ1) is 10.4. The maximum Gasteiger partial charge on any atom is 0.405 e. The molecule has 2 N–H and O–H groups in total. The van der Waals surface area contributed by atoms with Gasteiger partial charge in [0.15, 0.2) is 0 Å². The minimum Gasteiger partial charge on any atom is -0.391 e. The van der Waals surface area contributed by atoms with Crippen molar-refractivity contribution in [2.45, 2.75) is 46.0 Å². The first-order valence-corrected chi connectivity index (χ1v) is 7.89. The fourth-order valence-corrected chi connectivity index (χ4v) is 2.35. The number of alkyl halides is 3. The topological polar surface area (TPSA) is 55.8 Å². The van der Waals surface area contributed by atoms with Crippen molar-refractivity contribution in [3.63, 3.8) is 0 Å². The maximum atomic E-state index is 12.1. The average Bonchev–Trinajstić information content (AvgIpc) is 2.43. The van der Waals surface area contributed by atoms with Gasteiger partial charge in [-0.15, -0.1) is 0 Å². The minimum atomic E-state index is -4.39. The molecular weight excluding hydrogens is 311 g/mol. The normalized spacial score (nSPS) is 21.0. The predicted molar refractivity (Wildman–Crippen MR) is 82.0 cm³/mol. The van der Waals surface area contributed by atoms with Crippen molar-refractivity contribution in [1.29, 1.82) is 0 Å². The molecule has 0 saturated carbocycles. The molecule has 1 aliphatic rings. The summed E-state index contributed by atoms with van der Waals surface area (Å²) in [7, 11) is 0. The van der Waals surface area contributed by atoms with Crippen molar-refractivity contribution in [3.05, 3.63) is 0 Å². The van der Waals surface area contributed by atoms with Crippen LogP contribution in [0.3, 0.4) is 0 Å². The van der Waals surface area contributed by atoms with Gasteiger partial charge in [-0.1, -0.05) is 20.8 Å². The van der Waals surface area contributed by atoms with Crippen molar-refractivity contribution in [2.24, 2.45) is 5.41 Å². The molecule has 1 aliphatic heterocycles. The number of rotatable bonds is 5. The molecule has 23 heavy (non-hydrogen) atoms. The lowest BCUT2D eigenvalue weighted by molar-refractivity contribution is -0.141. The van der Waals surface area contributed by atoms with Crippen molar-refractivity contribution >= 4 is 5.91 Å². The SMILES string of the molecule is C[C@@H](C(=O)NCC(F)(F)F)N1CCN(C[C@@H](O)C(C)(C)C)CC1. The van der Waals surface area contributed by atoms with Gasteiger partial charge >= 0.3 is 6.18 Å². The number of nitrogens with zero attached hydrogens (tertiary/aromatic N) is 2. The Kier molecular flexibility index (Phi) is 6.85. The van der Waals surface area contributed by atoms with E-state index < -0.39 is 30.8 Å². The predicted octanol–water partition coefficient (Wildman–Crippen LogP) is 1.08. The first kappa shape index (κ1) is 20.2. The van der Waals surface area contributed by atoms with E-state index in [0.717, 1.165) is 0 Å². The summed E-state index contributed by atoms with van der Waals surface area (Å²) in [6, 6.07) is -0.591. The third kappa shape index (κ3) is 7.05. The average molecular weight is 339 g/mol. The monoisotopic (exact) mass is 339 g/mol. The first-order valence-electron chi connectivity index (χ1n) is 7.89. The number of aliphatic hydroxyl groups is 1. The molecule has 0 bridgehead atoms. The molecule has 0 aromatic carbocycles. The minimum absolute atomic E-state index is 0.193. The van der Waals surface area contributed by atoms with Gasteiger partial charge in [0.2, 0.25) is 5.91 Å². The van der Waals surface area contributed by atoms with Crippen LogP contribution in [0.1, 0.15) is 27.7 Å². The van der Waals surface area contributed by atoms with Crippen LogP contribution in [-0.4, -0.2) is 78.4 Å². The summed E-state index contributed by atoms with van der Waals surface area (Å²) in [6.45, 7) is 9.36. The number of carbonyl (C=O) groups is 1. The van der Waals surface area contributed by atoms with E-state index in [2.05, 4.69) is 4.90 Å². The number of hydrogen-bond acceptors (Lipinski definition) is 4. The molecule has 1 saturated heterocycles. The molecule has 0 unspecified atom stereocenters. The van der Waals surface area contributed by atoms with Crippen LogP contribution in [0.2, 0.25) is 0 Å². The summed E-state index contributed by atoms with van der Waals surface area (Å²) in [5.41, 5.74) is -0.193. The fourth-order valence-electron chi connectivity index (χ4n) is 2.35. The Labute approximate surface area is 135 Å². The molecule has 0 aromatic rings. The number of halogens is 3. The molecule has 8 heteroatoms. The Balaban J connectivity index is 2.39. The summed E-state index contributed by atoms with van der Waals surface area (Å²) in [6.07, 6.45) is -4.83. The lowest BCUT2D eigenvalue weighted by Gasteiger charge is -2.39. The quantitative estimate of drug-likeness (QED) is 0.787. The van der Waals surface area contributed by atoms with E-state index >= 15 is 0 Å². The highest BCUT2D eigenvalue weighted by atomic mass is 19.4. The smallest absolute Gasteiger partial charge is 0.391 e. The number of β-amino-alcohol motifs (C(OH)–C–C–N with tert-alkyl or cyclic N) is 1. The van der Waals surface area contributed by atoms with E-state index in [9.17, 15) is 23.1 Å². The number of nitrogens with one attached hydrogen (secondary N) is 1. The molecule has 0 aromatic heterocycles. The van der Waals surface area contributed by atoms with E-state index in [4.69, 9.17) is 0 Å². The third-order valence-corrected chi connectivity index (χ3v) is 4.23. The van der Waals surface area contributed by atoms with Crippen molar-refractivity contribution < 1.29 is 23.1 Å². The Morgan fingerprint density at radius 2 is 1.70 bits per heavy atom. The molecule has 1 fully saturated rings. The standard InChI is InChI=1S/C15H28F3N3O2/c1-11(13(23)19-10-15(16,17)18)21-7-5-20(6-8-21)9-12(22)14(2,3)4/h11-12,22H,5-10H2,1-4H3,(H,19,23)/t11-,12+/m0/s1. The molecule has 0 radical (unpaired) electrons. The highest BCUT2D eigenvalue weighted by Gasteiger charge is 2.32. The number of carbonyl (C=O) groups excluding carboxylic acids is 1. The van der Waals surface area contributed by atoms with E-state index in [1.54, 1.807) is 6.92 Å². The summed E-state index contributed by atoms with van der Waals surface area (Å²) < 4.78 is 36.4. The van der Waals surface area contributed by atoms with Crippen LogP contribution >= 0.6 is 0 Å². The number of amides is 1. The van der Waals surface area contributed by atoms with E-state index in [0.29, 0.717) is 32.7 Å². The number of hydrogen-bond donors (Lipinski definition) is 2. The summed E-state index contributed by atoms with van der Waals surface area (Å²) in [5.74, 6) is -0.606. The highest BCUT2D eigenvalue weighted by Crippen LogP contribution is 2.20. The summed E-state index contributed by atoms with van der Waals surface area (Å²) in [4.78, 5) is 15.8. The van der Waals surface area contributed by atoms with Gasteiger partial charge in [0, 0.05) is 32.7 Å². The lowest BCUT2D eigenvalue weighted by Crippen LogP contribution is -2.56. The van der Waals surface area contributed by atoms with Crippen LogP contribution in [0.15, 0.2) is 0 Å². The fraction of sp³-hybridized carbons (Fsp3) is 0.933. The van der Waals surface area contributed by atoms with E-state index in [-0.39, 0.29) is 5.41 Å². The van der Waals surface area contributed by atoms with E-state index in [1.807, 2.05) is 31.0 Å². The Morgan fingerprint density at radius 1 is 1.17 bits per heavy atom. The molecular formula is C15H28F3N3O2. The summed E-state index contributed by atoms with van der Waals surface area (Å²) in [5, 5.41) is 12.0. The van der Waals surface area contributed by atoms with Crippen LogP contribution < -0.4 is 5.32 Å². The Bertz CT molecular complexity index is 388. The van der Waals surface area contributed by atoms with Gasteiger partial charge in [-0.2, -0.15) is 13.2 Å². The molecule has 2 atom stereocenters. The second-order valence-corrected chi connectivity index (χ2v) is 7.23. The van der Waals surface area contributed by atoms with Crippen molar-refractivity contribution in [2.75, 3.05) is 39.3 Å². The molecule has 136 valence electrons. The number of aliphatic hydroxyl groups excluding tert-OH is 1. The highest BCUT2D eigenvalue weighted by molar-refractivity contribution is 5.81. The van der Waals surface area contributed by atoms with Gasteiger partial charge in [0.05, 0.1) is 12.1 Å². The van der Waals surface area contributed by atoms with E-state index in [1.165, 1.54) is 0 Å². The number of piperazine rings is 1. The van der Waals surface area contributed by atoms with Crippen molar-refractivity contribution in [1.82, 2.24) is 15.1 Å². The van der Waals surface area contributed by atoms with Gasteiger partial charge in [0.1, 0.15) is 6.54 Å². The molecule has 1 heterocycles. The molecule has 5 nitrogen and oxygen atoms in total. The zero-order valence-corrected chi connectivity index (χ0v) is 14.3. The van der Waals surface area contributed by atoms with Gasteiger partial charge < -0.3 is 10.4 Å². The second kappa shape index (κ2) is 7.81. The van der Waals surface area contributed by atoms with Gasteiger partial charge in [-0.25, -0.2) is 0 Å². The lowest BCUT2D eigenvalue weighted by atomic mass is 9.89. The van der Waals surface area contributed by atoms with Gasteiger partial charge in [0.25, 0.3) is 0 Å². The largest absolute Gasteiger partial charge is 0.405 e. The Morgan fingerprint density at radius 3 is 2.13 bits per heavy atom. The molecule has 1 rings (SSSR count). The molecule has 0 aliphatic carbocycles.